The van der Waals surface area contributed by atoms with Crippen LogP contribution < -0.4 is 4.74 Å². The zero-order chi connectivity index (χ0) is 17.7. The zero-order valence-electron chi connectivity index (χ0n) is 15.8. The van der Waals surface area contributed by atoms with E-state index < -0.39 is 0 Å². The molecule has 1 heteroatoms. The average Bonchev–Trinajstić information content (AvgIpc) is 2.65. The maximum atomic E-state index is 5.58. The molecule has 0 heterocycles. The molecular weight excluding hydrogens is 304 g/mol. The van der Waals surface area contributed by atoms with Crippen molar-refractivity contribution in [2.45, 2.75) is 58.8 Å². The summed E-state index contributed by atoms with van der Waals surface area (Å²) in [4.78, 5) is 0. The van der Waals surface area contributed by atoms with Gasteiger partial charge in [-0.05, 0) is 79.9 Å². The molecule has 1 aromatic carbocycles. The second kappa shape index (κ2) is 11.6. The predicted octanol–water partition coefficient (Wildman–Crippen LogP) is 6.65. The summed E-state index contributed by atoms with van der Waals surface area (Å²) in [7, 11) is 0. The Bertz CT molecular complexity index is 589. The van der Waals surface area contributed by atoms with Gasteiger partial charge < -0.3 is 4.74 Å². The number of rotatable bonds is 7. The van der Waals surface area contributed by atoms with E-state index in [1.165, 1.54) is 38.5 Å². The second-order valence-electron chi connectivity index (χ2n) is 6.97. The van der Waals surface area contributed by atoms with Gasteiger partial charge in [0, 0.05) is 0 Å². The van der Waals surface area contributed by atoms with Crippen LogP contribution in [0.4, 0.5) is 0 Å². The molecule has 1 aliphatic carbocycles. The van der Waals surface area contributed by atoms with Crippen molar-refractivity contribution in [3.8, 4) is 17.6 Å². The molecule has 1 aliphatic rings. The molecule has 134 valence electrons. The Morgan fingerprint density at radius 1 is 0.960 bits per heavy atom. The van der Waals surface area contributed by atoms with Gasteiger partial charge in [-0.1, -0.05) is 56.7 Å². The fraction of sp³-hybridized carbons (Fsp3) is 0.500. The summed E-state index contributed by atoms with van der Waals surface area (Å²) in [6.45, 7) is 5.18. The molecule has 1 nitrogen and oxygen atoms in total. The first-order chi connectivity index (χ1) is 12.3. The molecule has 0 aliphatic heterocycles. The number of hydrogen-bond donors (Lipinski definition) is 0. The molecule has 0 radical (unpaired) electrons. The summed E-state index contributed by atoms with van der Waals surface area (Å²) < 4.78 is 5.58. The molecule has 0 atom stereocenters. The summed E-state index contributed by atoms with van der Waals surface area (Å²) in [5.74, 6) is 8.88. The van der Waals surface area contributed by atoms with Gasteiger partial charge in [-0.25, -0.2) is 0 Å². The van der Waals surface area contributed by atoms with Crippen LogP contribution in [-0.2, 0) is 0 Å². The highest BCUT2D eigenvalue weighted by molar-refractivity contribution is 5.54. The molecular formula is C24H32O. The minimum absolute atomic E-state index is 0.738. The van der Waals surface area contributed by atoms with Crippen LogP contribution in [0, 0.1) is 23.7 Å². The molecule has 0 saturated heterocycles. The third-order valence-corrected chi connectivity index (χ3v) is 4.84. The largest absolute Gasteiger partial charge is 0.494 e. The molecule has 25 heavy (non-hydrogen) atoms. The molecule has 0 amide bonds. The van der Waals surface area contributed by atoms with Crippen LogP contribution in [0.25, 0.3) is 6.08 Å². The fourth-order valence-electron chi connectivity index (χ4n) is 3.39. The van der Waals surface area contributed by atoms with Crippen molar-refractivity contribution in [3.05, 3.63) is 48.1 Å². The monoisotopic (exact) mass is 336 g/mol. The fourth-order valence-corrected chi connectivity index (χ4v) is 3.39. The van der Waals surface area contributed by atoms with Crippen molar-refractivity contribution >= 4 is 6.08 Å². The van der Waals surface area contributed by atoms with E-state index in [-0.39, 0.29) is 0 Å². The average molecular weight is 337 g/mol. The molecule has 1 fully saturated rings. The smallest absolute Gasteiger partial charge is 0.119 e. The first-order valence-corrected chi connectivity index (χ1v) is 9.89. The minimum atomic E-state index is 0.738. The lowest BCUT2D eigenvalue weighted by Gasteiger charge is -2.26. The van der Waals surface area contributed by atoms with Gasteiger partial charge >= 0.3 is 0 Å². The van der Waals surface area contributed by atoms with Gasteiger partial charge in [0.25, 0.3) is 0 Å². The van der Waals surface area contributed by atoms with E-state index in [4.69, 9.17) is 4.74 Å². The van der Waals surface area contributed by atoms with E-state index in [1.807, 2.05) is 30.4 Å². The van der Waals surface area contributed by atoms with E-state index >= 15 is 0 Å². The molecule has 2 rings (SSSR count). The molecule has 0 unspecified atom stereocenters. The number of allylic oxidation sites excluding steroid dienone is 3. The third-order valence-electron chi connectivity index (χ3n) is 4.84. The van der Waals surface area contributed by atoms with Gasteiger partial charge in [0.15, 0.2) is 0 Å². The molecule has 1 saturated carbocycles. The van der Waals surface area contributed by atoms with Crippen LogP contribution in [0.15, 0.2) is 42.5 Å². The van der Waals surface area contributed by atoms with Crippen LogP contribution in [-0.4, -0.2) is 6.61 Å². The lowest BCUT2D eigenvalue weighted by Crippen LogP contribution is -2.12. The Morgan fingerprint density at radius 2 is 1.68 bits per heavy atom. The van der Waals surface area contributed by atoms with Crippen molar-refractivity contribution in [1.82, 2.24) is 0 Å². The minimum Gasteiger partial charge on any atom is -0.494 e. The standard InChI is InChI=1S/C24H32O/c1-3-9-21-12-14-22(15-13-21)10-7-5-6-8-11-23-16-18-24(19-17-23)25-20-4-2/h7-8,10-11,16-19,21-22H,3-4,9,12-15,20H2,1-2H3/b10-7+,11-8+. The Morgan fingerprint density at radius 3 is 2.36 bits per heavy atom. The van der Waals surface area contributed by atoms with E-state index in [1.54, 1.807) is 0 Å². The van der Waals surface area contributed by atoms with Gasteiger partial charge in [0.2, 0.25) is 0 Å². The van der Waals surface area contributed by atoms with Crippen LogP contribution in [0.5, 0.6) is 5.75 Å². The maximum absolute atomic E-state index is 5.58. The number of hydrogen-bond acceptors (Lipinski definition) is 1. The first-order valence-electron chi connectivity index (χ1n) is 9.89. The lowest BCUT2D eigenvalue weighted by atomic mass is 9.80. The van der Waals surface area contributed by atoms with Crippen LogP contribution in [0.1, 0.15) is 64.4 Å². The maximum Gasteiger partial charge on any atom is 0.119 e. The third kappa shape index (κ3) is 7.65. The zero-order valence-corrected chi connectivity index (χ0v) is 15.8. The molecule has 0 aromatic heterocycles. The van der Waals surface area contributed by atoms with Crippen molar-refractivity contribution in [2.75, 3.05) is 6.61 Å². The lowest BCUT2D eigenvalue weighted by molar-refractivity contribution is 0.294. The van der Waals surface area contributed by atoms with Crippen LogP contribution >= 0.6 is 0 Å². The van der Waals surface area contributed by atoms with Crippen molar-refractivity contribution < 1.29 is 4.74 Å². The summed E-state index contributed by atoms with van der Waals surface area (Å²) in [6, 6.07) is 8.15. The van der Waals surface area contributed by atoms with E-state index in [9.17, 15) is 0 Å². The Kier molecular flexibility index (Phi) is 8.98. The van der Waals surface area contributed by atoms with Crippen molar-refractivity contribution in [2.24, 2.45) is 11.8 Å². The molecule has 0 bridgehead atoms. The van der Waals surface area contributed by atoms with Crippen molar-refractivity contribution in [1.29, 1.82) is 0 Å². The Hall–Kier alpha value is -1.94. The quantitative estimate of drug-likeness (QED) is 0.506. The Labute approximate surface area is 154 Å². The van der Waals surface area contributed by atoms with Gasteiger partial charge in [-0.15, -0.1) is 0 Å². The molecule has 1 aromatic rings. The second-order valence-corrected chi connectivity index (χ2v) is 6.97. The number of benzene rings is 1. The first kappa shape index (κ1) is 19.4. The topological polar surface area (TPSA) is 9.23 Å². The predicted molar refractivity (Wildman–Crippen MR) is 109 cm³/mol. The Balaban J connectivity index is 1.72. The van der Waals surface area contributed by atoms with Gasteiger partial charge in [0.1, 0.15) is 5.75 Å². The normalized spacial score (nSPS) is 20.6. The summed E-state index contributed by atoms with van der Waals surface area (Å²) >= 11 is 0. The van der Waals surface area contributed by atoms with Crippen LogP contribution in [0.3, 0.4) is 0 Å². The van der Waals surface area contributed by atoms with E-state index in [0.717, 1.165) is 36.2 Å². The highest BCUT2D eigenvalue weighted by atomic mass is 16.5. The molecule has 0 N–H and O–H groups in total. The number of ether oxygens (including phenoxy) is 1. The van der Waals surface area contributed by atoms with Crippen LogP contribution in [0.2, 0.25) is 0 Å². The van der Waals surface area contributed by atoms with Crippen molar-refractivity contribution in [3.63, 3.8) is 0 Å². The SMILES string of the molecule is CCCOc1ccc(/C=C/C#C/C=C/C2CCC(CCC)CC2)cc1. The highest BCUT2D eigenvalue weighted by Gasteiger charge is 2.18. The van der Waals surface area contributed by atoms with Gasteiger partial charge in [-0.3, -0.25) is 0 Å². The summed E-state index contributed by atoms with van der Waals surface area (Å²) in [5, 5.41) is 0. The van der Waals surface area contributed by atoms with E-state index in [0.29, 0.717) is 0 Å². The van der Waals surface area contributed by atoms with E-state index in [2.05, 4.69) is 43.9 Å². The summed E-state index contributed by atoms with van der Waals surface area (Å²) in [5.41, 5.74) is 1.15. The van der Waals surface area contributed by atoms with Gasteiger partial charge in [-0.2, -0.15) is 0 Å². The highest BCUT2D eigenvalue weighted by Crippen LogP contribution is 2.31. The molecule has 0 spiro atoms. The van der Waals surface area contributed by atoms with Gasteiger partial charge in [0.05, 0.1) is 6.61 Å². The summed E-state index contributed by atoms with van der Waals surface area (Å²) in [6.07, 6.45) is 17.6.